The fourth-order valence-corrected chi connectivity index (χ4v) is 2.18. The summed E-state index contributed by atoms with van der Waals surface area (Å²) in [5.41, 5.74) is 8.27. The van der Waals surface area contributed by atoms with Crippen molar-refractivity contribution in [1.82, 2.24) is 15.0 Å². The molecule has 6 heteroatoms. The van der Waals surface area contributed by atoms with Gasteiger partial charge < -0.3 is 20.2 Å². The Morgan fingerprint density at radius 3 is 2.60 bits per heavy atom. The Kier molecular flexibility index (Phi) is 2.90. The maximum absolute atomic E-state index is 5.63. The van der Waals surface area contributed by atoms with Crippen LogP contribution in [0.4, 0.5) is 5.95 Å². The van der Waals surface area contributed by atoms with E-state index in [0.29, 0.717) is 11.5 Å². The molecular formula is C14H14N4O2. The third kappa shape index (κ3) is 1.91. The van der Waals surface area contributed by atoms with Gasteiger partial charge in [0.25, 0.3) is 0 Å². The lowest BCUT2D eigenvalue weighted by atomic mass is 10.1. The molecule has 0 aliphatic carbocycles. The normalized spacial score (nSPS) is 10.7. The van der Waals surface area contributed by atoms with Crippen LogP contribution < -0.4 is 15.2 Å². The van der Waals surface area contributed by atoms with Gasteiger partial charge in [-0.25, -0.2) is 9.97 Å². The Bertz CT molecular complexity index is 767. The van der Waals surface area contributed by atoms with Crippen LogP contribution in [0, 0.1) is 0 Å². The van der Waals surface area contributed by atoms with Crippen LogP contribution in [0.2, 0.25) is 0 Å². The van der Waals surface area contributed by atoms with Gasteiger partial charge in [-0.05, 0) is 12.1 Å². The largest absolute Gasteiger partial charge is 0.493 e. The molecule has 0 amide bonds. The molecule has 3 aromatic rings. The lowest BCUT2D eigenvalue weighted by Crippen LogP contribution is -1.95. The van der Waals surface area contributed by atoms with Crippen molar-refractivity contribution in [3.63, 3.8) is 0 Å². The fourth-order valence-electron chi connectivity index (χ4n) is 2.18. The second-order valence-electron chi connectivity index (χ2n) is 4.26. The van der Waals surface area contributed by atoms with Crippen LogP contribution in [0.5, 0.6) is 11.5 Å². The zero-order chi connectivity index (χ0) is 14.1. The Morgan fingerprint density at radius 1 is 1.15 bits per heavy atom. The summed E-state index contributed by atoms with van der Waals surface area (Å²) in [7, 11) is 3.22. The first-order chi connectivity index (χ1) is 9.72. The van der Waals surface area contributed by atoms with E-state index in [9.17, 15) is 0 Å². The van der Waals surface area contributed by atoms with Gasteiger partial charge in [-0.1, -0.05) is 0 Å². The summed E-state index contributed by atoms with van der Waals surface area (Å²) in [6.45, 7) is 0. The minimum absolute atomic E-state index is 0.248. The monoisotopic (exact) mass is 270 g/mol. The number of aromatic nitrogens is 3. The smallest absolute Gasteiger partial charge is 0.220 e. The zero-order valence-corrected chi connectivity index (χ0v) is 11.2. The van der Waals surface area contributed by atoms with E-state index >= 15 is 0 Å². The molecule has 0 saturated carbocycles. The fraction of sp³-hybridized carbons (Fsp3) is 0.143. The Hall–Kier alpha value is -2.76. The van der Waals surface area contributed by atoms with Crippen molar-refractivity contribution >= 4 is 16.9 Å². The minimum Gasteiger partial charge on any atom is -0.493 e. The number of hydrogen-bond acceptors (Lipinski definition) is 5. The van der Waals surface area contributed by atoms with Gasteiger partial charge in [0.05, 0.1) is 25.4 Å². The summed E-state index contributed by atoms with van der Waals surface area (Å²) in [6, 6.07) is 5.62. The predicted molar refractivity (Wildman–Crippen MR) is 76.8 cm³/mol. The number of aromatic amines is 1. The number of nitrogens with one attached hydrogen (secondary N) is 1. The number of rotatable bonds is 3. The lowest BCUT2D eigenvalue weighted by Gasteiger charge is -2.08. The third-order valence-electron chi connectivity index (χ3n) is 3.14. The first-order valence-corrected chi connectivity index (χ1v) is 6.05. The summed E-state index contributed by atoms with van der Waals surface area (Å²) in [5, 5.41) is 0.987. The molecule has 3 N–H and O–H groups in total. The third-order valence-corrected chi connectivity index (χ3v) is 3.14. The summed E-state index contributed by atoms with van der Waals surface area (Å²) in [5.74, 6) is 1.59. The number of nitrogens with zero attached hydrogens (tertiary/aromatic N) is 2. The van der Waals surface area contributed by atoms with Gasteiger partial charge >= 0.3 is 0 Å². The van der Waals surface area contributed by atoms with Gasteiger partial charge in [-0.15, -0.1) is 0 Å². The summed E-state index contributed by atoms with van der Waals surface area (Å²) in [4.78, 5) is 11.3. The van der Waals surface area contributed by atoms with Crippen molar-refractivity contribution in [2.45, 2.75) is 0 Å². The van der Waals surface area contributed by atoms with Gasteiger partial charge in [-0.2, -0.15) is 0 Å². The molecule has 0 saturated heterocycles. The van der Waals surface area contributed by atoms with Crippen molar-refractivity contribution in [2.24, 2.45) is 0 Å². The highest BCUT2D eigenvalue weighted by atomic mass is 16.5. The van der Waals surface area contributed by atoms with Crippen molar-refractivity contribution < 1.29 is 9.47 Å². The van der Waals surface area contributed by atoms with Crippen LogP contribution in [-0.2, 0) is 0 Å². The highest BCUT2D eigenvalue weighted by Crippen LogP contribution is 2.36. The van der Waals surface area contributed by atoms with Crippen molar-refractivity contribution in [1.29, 1.82) is 0 Å². The molecule has 2 aromatic heterocycles. The molecule has 3 rings (SSSR count). The van der Waals surface area contributed by atoms with Gasteiger partial charge in [0.2, 0.25) is 5.95 Å². The van der Waals surface area contributed by atoms with Crippen LogP contribution >= 0.6 is 0 Å². The number of H-pyrrole nitrogens is 1. The van der Waals surface area contributed by atoms with Crippen molar-refractivity contribution in [3.05, 3.63) is 30.6 Å². The van der Waals surface area contributed by atoms with Gasteiger partial charge in [0, 0.05) is 29.4 Å². The van der Waals surface area contributed by atoms with E-state index < -0.39 is 0 Å². The number of nitrogens with two attached hydrogens (primary N) is 1. The maximum Gasteiger partial charge on any atom is 0.220 e. The molecule has 102 valence electrons. The van der Waals surface area contributed by atoms with Crippen molar-refractivity contribution in [2.75, 3.05) is 20.0 Å². The molecule has 6 nitrogen and oxygen atoms in total. The Labute approximate surface area is 115 Å². The molecular weight excluding hydrogens is 256 g/mol. The Morgan fingerprint density at radius 2 is 1.90 bits per heavy atom. The van der Waals surface area contributed by atoms with Crippen LogP contribution in [0.15, 0.2) is 30.6 Å². The van der Waals surface area contributed by atoms with E-state index in [1.54, 1.807) is 20.4 Å². The molecule has 0 spiro atoms. The number of nitrogen functional groups attached to an aromatic ring is 1. The molecule has 0 unspecified atom stereocenters. The second-order valence-corrected chi connectivity index (χ2v) is 4.26. The van der Waals surface area contributed by atoms with E-state index in [2.05, 4.69) is 15.0 Å². The quantitative estimate of drug-likeness (QED) is 0.762. The molecule has 1 aromatic carbocycles. The molecule has 0 aliphatic rings. The van der Waals surface area contributed by atoms with Gasteiger partial charge in [0.1, 0.15) is 0 Å². The molecule has 0 atom stereocenters. The van der Waals surface area contributed by atoms with Crippen molar-refractivity contribution in [3.8, 4) is 22.8 Å². The molecule has 20 heavy (non-hydrogen) atoms. The van der Waals surface area contributed by atoms with Crippen LogP contribution in [0.1, 0.15) is 0 Å². The number of fused-ring (bicyclic) bond motifs is 1. The van der Waals surface area contributed by atoms with Gasteiger partial charge in [-0.3, -0.25) is 0 Å². The highest BCUT2D eigenvalue weighted by Gasteiger charge is 2.12. The summed E-state index contributed by atoms with van der Waals surface area (Å²) >= 11 is 0. The van der Waals surface area contributed by atoms with E-state index in [-0.39, 0.29) is 5.95 Å². The molecule has 0 fully saturated rings. The van der Waals surface area contributed by atoms with E-state index in [1.165, 1.54) is 0 Å². The highest BCUT2D eigenvalue weighted by molar-refractivity contribution is 5.96. The molecule has 0 aliphatic heterocycles. The number of anilines is 1. The molecule has 0 bridgehead atoms. The topological polar surface area (TPSA) is 86.0 Å². The minimum atomic E-state index is 0.248. The van der Waals surface area contributed by atoms with E-state index in [0.717, 1.165) is 22.2 Å². The van der Waals surface area contributed by atoms with Crippen LogP contribution in [-0.4, -0.2) is 29.2 Å². The van der Waals surface area contributed by atoms with Gasteiger partial charge in [0.15, 0.2) is 11.5 Å². The van der Waals surface area contributed by atoms with Crippen LogP contribution in [0.3, 0.4) is 0 Å². The number of benzene rings is 1. The molecule has 2 heterocycles. The summed E-state index contributed by atoms with van der Waals surface area (Å²) < 4.78 is 10.6. The van der Waals surface area contributed by atoms with E-state index in [1.807, 2.05) is 24.4 Å². The maximum atomic E-state index is 5.63. The SMILES string of the molecule is COc1cc2[nH]cc(-c3ccnc(N)n3)c2cc1OC. The summed E-state index contributed by atoms with van der Waals surface area (Å²) in [6.07, 6.45) is 3.52. The number of ether oxygens (including phenoxy) is 2. The first-order valence-electron chi connectivity index (χ1n) is 6.05. The second kappa shape index (κ2) is 4.73. The predicted octanol–water partition coefficient (Wildman–Crippen LogP) is 2.22. The van der Waals surface area contributed by atoms with Crippen LogP contribution in [0.25, 0.3) is 22.2 Å². The average Bonchev–Trinajstić information content (AvgIpc) is 2.88. The first kappa shape index (κ1) is 12.3. The Balaban J connectivity index is 2.23. The van der Waals surface area contributed by atoms with E-state index in [4.69, 9.17) is 15.2 Å². The number of methoxy groups -OCH3 is 2. The standard InChI is InChI=1S/C14H14N4O2/c1-19-12-5-8-9(10-3-4-16-14(15)18-10)7-17-11(8)6-13(12)20-2/h3-7,17H,1-2H3,(H2,15,16,18). The zero-order valence-electron chi connectivity index (χ0n) is 11.2. The number of hydrogen-bond donors (Lipinski definition) is 2. The molecule has 0 radical (unpaired) electrons. The average molecular weight is 270 g/mol. The lowest BCUT2D eigenvalue weighted by molar-refractivity contribution is 0.356.